The summed E-state index contributed by atoms with van der Waals surface area (Å²) in [6, 6.07) is 12.3. The highest BCUT2D eigenvalue weighted by Crippen LogP contribution is 2.29. The van der Waals surface area contributed by atoms with Crippen molar-refractivity contribution in [1.82, 2.24) is 10.6 Å². The van der Waals surface area contributed by atoms with Gasteiger partial charge in [0.1, 0.15) is 0 Å². The molecule has 0 heterocycles. The van der Waals surface area contributed by atoms with E-state index >= 15 is 0 Å². The van der Waals surface area contributed by atoms with Gasteiger partial charge < -0.3 is 19.5 Å². The zero-order chi connectivity index (χ0) is 21.2. The standard InChI is InChI=1S/C21H24N2O6/c1-4-22-21(26)23-19(24)18(14-9-7-6-8-10-14)29-20(25)15-11-12-16(28-5-2)17(13-15)27-3/h6-13,18H,4-5H2,1-3H3,(H2,22,23,24,26)/t18-/m1/s1. The lowest BCUT2D eigenvalue weighted by molar-refractivity contribution is -0.129. The zero-order valence-corrected chi connectivity index (χ0v) is 16.6. The fourth-order valence-electron chi connectivity index (χ4n) is 2.53. The number of methoxy groups -OCH3 is 1. The van der Waals surface area contributed by atoms with Crippen molar-refractivity contribution in [2.24, 2.45) is 0 Å². The smallest absolute Gasteiger partial charge is 0.339 e. The van der Waals surface area contributed by atoms with Crippen LogP contribution in [0.15, 0.2) is 48.5 Å². The molecule has 154 valence electrons. The molecule has 0 bridgehead atoms. The minimum Gasteiger partial charge on any atom is -0.493 e. The fourth-order valence-corrected chi connectivity index (χ4v) is 2.53. The molecule has 0 aromatic heterocycles. The number of amides is 3. The molecule has 0 aliphatic carbocycles. The molecular weight excluding hydrogens is 376 g/mol. The van der Waals surface area contributed by atoms with Crippen molar-refractivity contribution in [2.45, 2.75) is 20.0 Å². The number of nitrogens with one attached hydrogen (secondary N) is 2. The van der Waals surface area contributed by atoms with E-state index in [2.05, 4.69) is 10.6 Å². The normalized spacial score (nSPS) is 11.1. The van der Waals surface area contributed by atoms with E-state index in [4.69, 9.17) is 14.2 Å². The van der Waals surface area contributed by atoms with Crippen molar-refractivity contribution >= 4 is 17.9 Å². The van der Waals surface area contributed by atoms with Gasteiger partial charge in [-0.15, -0.1) is 0 Å². The average Bonchev–Trinajstić information content (AvgIpc) is 2.73. The molecule has 0 spiro atoms. The van der Waals surface area contributed by atoms with Crippen molar-refractivity contribution in [3.63, 3.8) is 0 Å². The van der Waals surface area contributed by atoms with E-state index in [-0.39, 0.29) is 5.56 Å². The first-order valence-electron chi connectivity index (χ1n) is 9.15. The second-order valence-electron chi connectivity index (χ2n) is 5.84. The molecule has 0 unspecified atom stereocenters. The summed E-state index contributed by atoms with van der Waals surface area (Å²) in [5, 5.41) is 4.63. The third-order valence-electron chi connectivity index (χ3n) is 3.84. The number of hydrogen-bond acceptors (Lipinski definition) is 6. The monoisotopic (exact) mass is 400 g/mol. The number of rotatable bonds is 8. The van der Waals surface area contributed by atoms with Gasteiger partial charge in [-0.1, -0.05) is 30.3 Å². The van der Waals surface area contributed by atoms with Crippen LogP contribution in [0.2, 0.25) is 0 Å². The van der Waals surface area contributed by atoms with Crippen molar-refractivity contribution in [3.8, 4) is 11.5 Å². The molecule has 0 saturated carbocycles. The highest BCUT2D eigenvalue weighted by molar-refractivity contribution is 5.99. The maximum absolute atomic E-state index is 12.7. The van der Waals surface area contributed by atoms with Crippen LogP contribution < -0.4 is 20.1 Å². The third-order valence-corrected chi connectivity index (χ3v) is 3.84. The van der Waals surface area contributed by atoms with E-state index < -0.39 is 24.0 Å². The number of imide groups is 1. The number of ether oxygens (including phenoxy) is 3. The Labute approximate surface area is 169 Å². The molecule has 0 radical (unpaired) electrons. The van der Waals surface area contributed by atoms with Crippen molar-refractivity contribution < 1.29 is 28.6 Å². The first-order chi connectivity index (χ1) is 14.0. The van der Waals surface area contributed by atoms with E-state index in [1.165, 1.54) is 19.2 Å². The Morgan fingerprint density at radius 2 is 1.72 bits per heavy atom. The largest absolute Gasteiger partial charge is 0.493 e. The molecule has 29 heavy (non-hydrogen) atoms. The van der Waals surface area contributed by atoms with E-state index in [0.717, 1.165) is 0 Å². The van der Waals surface area contributed by atoms with Crippen molar-refractivity contribution in [2.75, 3.05) is 20.3 Å². The molecule has 2 aromatic carbocycles. The lowest BCUT2D eigenvalue weighted by Crippen LogP contribution is -2.42. The van der Waals surface area contributed by atoms with Gasteiger partial charge >= 0.3 is 12.0 Å². The van der Waals surface area contributed by atoms with Gasteiger partial charge in [-0.3, -0.25) is 10.1 Å². The Morgan fingerprint density at radius 1 is 1.00 bits per heavy atom. The molecule has 0 aliphatic heterocycles. The van der Waals surface area contributed by atoms with Crippen molar-refractivity contribution in [3.05, 3.63) is 59.7 Å². The van der Waals surface area contributed by atoms with Crippen LogP contribution in [0.5, 0.6) is 11.5 Å². The Kier molecular flexibility index (Phi) is 8.02. The molecule has 8 heteroatoms. The molecule has 2 aromatic rings. The number of carbonyl (C=O) groups is 3. The highest BCUT2D eigenvalue weighted by atomic mass is 16.5. The quantitative estimate of drug-likeness (QED) is 0.661. The van der Waals surface area contributed by atoms with Crippen LogP contribution in [0, 0.1) is 0 Å². The summed E-state index contributed by atoms with van der Waals surface area (Å²) in [6.45, 7) is 4.34. The van der Waals surface area contributed by atoms with E-state index in [9.17, 15) is 14.4 Å². The number of esters is 1. The first-order valence-corrected chi connectivity index (χ1v) is 9.15. The fraction of sp³-hybridized carbons (Fsp3) is 0.286. The maximum Gasteiger partial charge on any atom is 0.339 e. The van der Waals surface area contributed by atoms with Crippen LogP contribution in [0.4, 0.5) is 4.79 Å². The molecule has 0 aliphatic rings. The minimum absolute atomic E-state index is 0.178. The Bertz CT molecular complexity index is 854. The van der Waals surface area contributed by atoms with Crippen LogP contribution in [0.25, 0.3) is 0 Å². The zero-order valence-electron chi connectivity index (χ0n) is 16.6. The van der Waals surface area contributed by atoms with Gasteiger partial charge in [0.25, 0.3) is 5.91 Å². The predicted octanol–water partition coefficient (Wildman–Crippen LogP) is 2.84. The van der Waals surface area contributed by atoms with Crippen LogP contribution in [-0.4, -0.2) is 38.2 Å². The van der Waals surface area contributed by atoms with Crippen LogP contribution in [0.3, 0.4) is 0 Å². The number of urea groups is 1. The van der Waals surface area contributed by atoms with Gasteiger partial charge in [-0.2, -0.15) is 0 Å². The summed E-state index contributed by atoms with van der Waals surface area (Å²) < 4.78 is 16.1. The van der Waals surface area contributed by atoms with Gasteiger partial charge in [-0.25, -0.2) is 9.59 Å². The molecule has 0 fully saturated rings. The molecule has 2 N–H and O–H groups in total. The lowest BCUT2D eigenvalue weighted by atomic mass is 10.1. The van der Waals surface area contributed by atoms with E-state index in [1.54, 1.807) is 43.3 Å². The average molecular weight is 400 g/mol. The minimum atomic E-state index is -1.30. The Hall–Kier alpha value is -3.55. The second kappa shape index (κ2) is 10.7. The molecule has 8 nitrogen and oxygen atoms in total. The van der Waals surface area contributed by atoms with Gasteiger partial charge in [0.2, 0.25) is 6.10 Å². The SMILES string of the molecule is CCNC(=O)NC(=O)[C@H](OC(=O)c1ccc(OCC)c(OC)c1)c1ccccc1. The Balaban J connectivity index is 2.25. The van der Waals surface area contributed by atoms with Gasteiger partial charge in [0.05, 0.1) is 19.3 Å². The molecule has 1 atom stereocenters. The molecule has 2 rings (SSSR count). The summed E-state index contributed by atoms with van der Waals surface area (Å²) in [4.78, 5) is 37.0. The van der Waals surface area contributed by atoms with Crippen LogP contribution >= 0.6 is 0 Å². The molecule has 3 amide bonds. The molecule has 0 saturated heterocycles. The summed E-state index contributed by atoms with van der Waals surface area (Å²) in [7, 11) is 1.46. The lowest BCUT2D eigenvalue weighted by Gasteiger charge is -2.18. The van der Waals surface area contributed by atoms with Gasteiger partial charge in [0.15, 0.2) is 11.5 Å². The van der Waals surface area contributed by atoms with Gasteiger partial charge in [-0.05, 0) is 32.0 Å². The number of carbonyl (C=O) groups excluding carboxylic acids is 3. The summed E-state index contributed by atoms with van der Waals surface area (Å²) in [5.41, 5.74) is 0.609. The number of benzene rings is 2. The second-order valence-corrected chi connectivity index (χ2v) is 5.84. The molecular formula is C21H24N2O6. The Morgan fingerprint density at radius 3 is 2.34 bits per heavy atom. The van der Waals surface area contributed by atoms with Crippen LogP contribution in [0.1, 0.15) is 35.9 Å². The maximum atomic E-state index is 12.7. The van der Waals surface area contributed by atoms with Crippen molar-refractivity contribution in [1.29, 1.82) is 0 Å². The van der Waals surface area contributed by atoms with E-state index in [1.807, 2.05) is 6.92 Å². The van der Waals surface area contributed by atoms with Crippen LogP contribution in [-0.2, 0) is 9.53 Å². The predicted molar refractivity (Wildman–Crippen MR) is 106 cm³/mol. The highest BCUT2D eigenvalue weighted by Gasteiger charge is 2.27. The summed E-state index contributed by atoms with van der Waals surface area (Å²) in [5.74, 6) is -0.649. The first kappa shape index (κ1) is 21.7. The van der Waals surface area contributed by atoms with E-state index in [0.29, 0.717) is 30.2 Å². The topological polar surface area (TPSA) is 103 Å². The van der Waals surface area contributed by atoms with Gasteiger partial charge in [0, 0.05) is 12.1 Å². The third kappa shape index (κ3) is 5.97. The summed E-state index contributed by atoms with van der Waals surface area (Å²) in [6.07, 6.45) is -1.30. The summed E-state index contributed by atoms with van der Waals surface area (Å²) >= 11 is 0. The number of hydrogen-bond donors (Lipinski definition) is 2.